The predicted molar refractivity (Wildman–Crippen MR) is 78.5 cm³/mol. The average Bonchev–Trinajstić information content (AvgIpc) is 2.86. The van der Waals surface area contributed by atoms with E-state index in [1.807, 2.05) is 0 Å². The van der Waals surface area contributed by atoms with Crippen LogP contribution in [-0.2, 0) is 10.5 Å². The van der Waals surface area contributed by atoms with Gasteiger partial charge in [-0.05, 0) is 12.1 Å². The van der Waals surface area contributed by atoms with Gasteiger partial charge in [-0.1, -0.05) is 23.7 Å². The summed E-state index contributed by atoms with van der Waals surface area (Å²) in [6, 6.07) is 6.41. The number of aromatic nitrogens is 1. The van der Waals surface area contributed by atoms with Crippen LogP contribution in [-0.4, -0.2) is 65.4 Å². The highest BCUT2D eigenvalue weighted by molar-refractivity contribution is 6.19. The molecule has 1 aliphatic heterocycles. The van der Waals surface area contributed by atoms with Crippen LogP contribution < -0.4 is 0 Å². The molecule has 126 valence electrons. The zero-order valence-corrected chi connectivity index (χ0v) is 12.4. The molecule has 1 unspecified atom stereocenters. The molecule has 0 saturated carbocycles. The molecular weight excluding hydrogens is 330 g/mol. The number of benzene rings is 1. The van der Waals surface area contributed by atoms with Crippen molar-refractivity contribution in [2.24, 2.45) is 0 Å². The molecule has 1 saturated heterocycles. The van der Waals surface area contributed by atoms with Gasteiger partial charge >= 0.3 is 0 Å². The Kier molecular flexibility index (Phi) is 4.01. The van der Waals surface area contributed by atoms with Gasteiger partial charge in [0.15, 0.2) is 18.0 Å². The molecule has 0 amide bonds. The fraction of sp³-hybridized carbons (Fsp3) is 0.429. The first kappa shape index (κ1) is 16.5. The smallest absolute Gasteiger partial charge is 0.202 e. The molecule has 1 fully saturated rings. The minimum absolute atomic E-state index is 0.197. The highest BCUT2D eigenvalue weighted by Gasteiger charge is 2.58. The lowest BCUT2D eigenvalue weighted by molar-refractivity contribution is -0.349. The van der Waals surface area contributed by atoms with Crippen molar-refractivity contribution in [2.75, 3.05) is 0 Å². The Morgan fingerprint density at radius 3 is 2.48 bits per heavy atom. The van der Waals surface area contributed by atoms with Crippen LogP contribution in [0.4, 0.5) is 0 Å². The van der Waals surface area contributed by atoms with E-state index in [0.717, 1.165) is 10.8 Å². The van der Waals surface area contributed by atoms with Gasteiger partial charge in [0, 0.05) is 11.6 Å². The number of aliphatic hydroxyl groups is 5. The van der Waals surface area contributed by atoms with E-state index in [9.17, 15) is 30.6 Å². The van der Waals surface area contributed by atoms with Gasteiger partial charge in [-0.2, -0.15) is 0 Å². The third kappa shape index (κ3) is 2.31. The molecule has 1 aromatic carbocycles. The second kappa shape index (κ2) is 5.60. The number of fused-ring (bicyclic) bond motifs is 1. The monoisotopic (exact) mass is 345 g/mol. The van der Waals surface area contributed by atoms with E-state index in [-0.39, 0.29) is 5.75 Å². The van der Waals surface area contributed by atoms with Crippen molar-refractivity contribution in [1.29, 1.82) is 0 Å². The Hall–Kier alpha value is -1.39. The van der Waals surface area contributed by atoms with Crippen molar-refractivity contribution >= 4 is 22.5 Å². The Labute approximate surface area is 135 Å². The average molecular weight is 346 g/mol. The van der Waals surface area contributed by atoms with Crippen LogP contribution >= 0.6 is 11.6 Å². The Balaban J connectivity index is 2.20. The molecule has 1 aliphatic rings. The number of aliphatic hydroxyl groups excluding tert-OH is 4. The first-order valence-corrected chi connectivity index (χ1v) is 7.25. The lowest BCUT2D eigenvalue weighted by atomic mass is 9.91. The lowest BCUT2D eigenvalue weighted by Gasteiger charge is -2.47. The van der Waals surface area contributed by atoms with Gasteiger partial charge in [0.25, 0.3) is 0 Å². The Bertz CT molecular complexity index is 720. The maximum absolute atomic E-state index is 10.9. The summed E-state index contributed by atoms with van der Waals surface area (Å²) in [6.45, 7) is 0. The maximum Gasteiger partial charge on any atom is 0.202 e. The van der Waals surface area contributed by atoms with Crippen molar-refractivity contribution in [3.05, 3.63) is 30.5 Å². The number of halogens is 1. The summed E-state index contributed by atoms with van der Waals surface area (Å²) in [6.07, 6.45) is -6.22. The van der Waals surface area contributed by atoms with Crippen LogP contribution in [0.3, 0.4) is 0 Å². The minimum Gasteiger partial charge on any atom is -0.506 e. The number of nitrogens with zero attached hydrogens (tertiary/aromatic N) is 1. The number of hydrogen-bond acceptors (Lipinski definition) is 7. The SMILES string of the molecule is Oc1cn([C@]2(O)[C@H](O)[C@@H](C(O)Cl)O[C@H](O)[C@@H]2O)c2ccccc12. The van der Waals surface area contributed by atoms with E-state index in [0.29, 0.717) is 10.9 Å². The molecule has 0 bridgehead atoms. The van der Waals surface area contributed by atoms with E-state index in [4.69, 9.17) is 16.3 Å². The molecule has 9 heteroatoms. The number of ether oxygens (including phenoxy) is 1. The standard InChI is InChI=1S/C14H16ClNO7/c15-12(20)9-10(18)14(22,11(19)13(21)23-9)16-5-8(17)6-3-1-2-4-7(6)16/h1-5,9-13,17-22H/t9-,10+,11-,12?,13-,14-/m0/s1. The summed E-state index contributed by atoms with van der Waals surface area (Å²) in [4.78, 5) is 0. The van der Waals surface area contributed by atoms with Gasteiger partial charge in [0.1, 0.15) is 18.0 Å². The lowest BCUT2D eigenvalue weighted by Crippen LogP contribution is -2.68. The summed E-state index contributed by atoms with van der Waals surface area (Å²) >= 11 is 5.51. The summed E-state index contributed by atoms with van der Waals surface area (Å²) < 4.78 is 5.86. The van der Waals surface area contributed by atoms with Gasteiger partial charge < -0.3 is 39.9 Å². The van der Waals surface area contributed by atoms with E-state index < -0.39 is 35.9 Å². The largest absolute Gasteiger partial charge is 0.506 e. The molecule has 2 aromatic rings. The minimum atomic E-state index is -2.49. The van der Waals surface area contributed by atoms with Gasteiger partial charge in [-0.15, -0.1) is 0 Å². The summed E-state index contributed by atoms with van der Waals surface area (Å²) in [5, 5.41) is 61.1. The van der Waals surface area contributed by atoms with Crippen molar-refractivity contribution in [3.8, 4) is 5.75 Å². The predicted octanol–water partition coefficient (Wildman–Crippen LogP) is -1.01. The fourth-order valence-corrected chi connectivity index (χ4v) is 3.09. The molecule has 8 nitrogen and oxygen atoms in total. The highest BCUT2D eigenvalue weighted by atomic mass is 35.5. The van der Waals surface area contributed by atoms with E-state index >= 15 is 0 Å². The molecular formula is C14H16ClNO7. The van der Waals surface area contributed by atoms with Crippen LogP contribution in [0, 0.1) is 0 Å². The highest BCUT2D eigenvalue weighted by Crippen LogP contribution is 2.39. The molecule has 2 heterocycles. The first-order chi connectivity index (χ1) is 10.8. The third-order valence-electron chi connectivity index (χ3n) is 4.10. The van der Waals surface area contributed by atoms with Crippen LogP contribution in [0.5, 0.6) is 5.75 Å². The first-order valence-electron chi connectivity index (χ1n) is 6.82. The van der Waals surface area contributed by atoms with Gasteiger partial charge in [-0.25, -0.2) is 0 Å². The number of rotatable bonds is 2. The number of alkyl halides is 1. The Morgan fingerprint density at radius 2 is 1.83 bits per heavy atom. The zero-order valence-electron chi connectivity index (χ0n) is 11.7. The van der Waals surface area contributed by atoms with Crippen LogP contribution in [0.2, 0.25) is 0 Å². The zero-order chi connectivity index (χ0) is 16.9. The molecule has 3 rings (SSSR count). The maximum atomic E-state index is 10.9. The molecule has 0 spiro atoms. The third-order valence-corrected chi connectivity index (χ3v) is 4.34. The molecule has 6 N–H and O–H groups in total. The molecule has 0 aliphatic carbocycles. The summed E-state index contributed by atoms with van der Waals surface area (Å²) in [5.74, 6) is -0.197. The van der Waals surface area contributed by atoms with Gasteiger partial charge in [-0.3, -0.25) is 0 Å². The van der Waals surface area contributed by atoms with Crippen molar-refractivity contribution in [3.63, 3.8) is 0 Å². The topological polar surface area (TPSA) is 136 Å². The molecule has 23 heavy (non-hydrogen) atoms. The summed E-state index contributed by atoms with van der Waals surface area (Å²) in [5.41, 5.74) is -3.93. The summed E-state index contributed by atoms with van der Waals surface area (Å²) in [7, 11) is 0. The number of hydrogen-bond donors (Lipinski definition) is 6. The second-order valence-corrected chi connectivity index (χ2v) is 5.89. The van der Waals surface area contributed by atoms with Gasteiger partial charge in [0.2, 0.25) is 5.72 Å². The molecule has 6 atom stereocenters. The van der Waals surface area contributed by atoms with Crippen LogP contribution in [0.1, 0.15) is 0 Å². The van der Waals surface area contributed by atoms with E-state index in [2.05, 4.69) is 0 Å². The van der Waals surface area contributed by atoms with E-state index in [1.165, 1.54) is 0 Å². The quantitative estimate of drug-likeness (QED) is 0.384. The molecule has 1 aromatic heterocycles. The van der Waals surface area contributed by atoms with Crippen LogP contribution in [0.25, 0.3) is 10.9 Å². The Morgan fingerprint density at radius 1 is 1.17 bits per heavy atom. The van der Waals surface area contributed by atoms with Crippen molar-refractivity contribution in [1.82, 2.24) is 4.57 Å². The van der Waals surface area contributed by atoms with Crippen molar-refractivity contribution in [2.45, 2.75) is 35.9 Å². The normalized spacial score (nSPS) is 36.3. The van der Waals surface area contributed by atoms with Gasteiger partial charge in [0.05, 0.1) is 5.52 Å². The number of para-hydroxylation sites is 1. The van der Waals surface area contributed by atoms with E-state index in [1.54, 1.807) is 24.3 Å². The molecule has 0 radical (unpaired) electrons. The number of aromatic hydroxyl groups is 1. The van der Waals surface area contributed by atoms with Crippen LogP contribution in [0.15, 0.2) is 30.5 Å². The van der Waals surface area contributed by atoms with Crippen molar-refractivity contribution < 1.29 is 35.4 Å². The fourth-order valence-electron chi connectivity index (χ4n) is 2.89. The second-order valence-electron chi connectivity index (χ2n) is 5.44.